The lowest BCUT2D eigenvalue weighted by atomic mass is 10.0. The highest BCUT2D eigenvalue weighted by atomic mass is 16.6. The zero-order valence-corrected chi connectivity index (χ0v) is 18.2. The minimum Gasteiger partial charge on any atom is -0.493 e. The van der Waals surface area contributed by atoms with E-state index >= 15 is 0 Å². The molecule has 8 nitrogen and oxygen atoms in total. The van der Waals surface area contributed by atoms with Crippen LogP contribution in [-0.2, 0) is 23.8 Å². The largest absolute Gasteiger partial charge is 0.493 e. The molecule has 0 aliphatic rings. The van der Waals surface area contributed by atoms with E-state index in [1.54, 1.807) is 39.0 Å². The van der Waals surface area contributed by atoms with Crippen LogP contribution in [0, 0.1) is 5.92 Å². The smallest absolute Gasteiger partial charge is 0.338 e. The molecular weight excluding hydrogens is 392 g/mol. The summed E-state index contributed by atoms with van der Waals surface area (Å²) >= 11 is 0. The SMILES string of the molecule is CCOC(=O)c1ccc(OC)c(OCCCCCC(C(=O)OCC)C(=O)OCC)c1. The predicted molar refractivity (Wildman–Crippen MR) is 110 cm³/mol. The van der Waals surface area contributed by atoms with Gasteiger partial charge in [-0.3, -0.25) is 9.59 Å². The third kappa shape index (κ3) is 8.31. The van der Waals surface area contributed by atoms with E-state index in [2.05, 4.69) is 0 Å². The summed E-state index contributed by atoms with van der Waals surface area (Å²) in [6.07, 6.45) is 2.45. The van der Waals surface area contributed by atoms with Crippen molar-refractivity contribution >= 4 is 17.9 Å². The van der Waals surface area contributed by atoms with E-state index in [9.17, 15) is 14.4 Å². The molecule has 0 unspecified atom stereocenters. The van der Waals surface area contributed by atoms with E-state index in [4.69, 9.17) is 23.7 Å². The molecule has 0 spiro atoms. The molecule has 168 valence electrons. The van der Waals surface area contributed by atoms with Gasteiger partial charge in [0.25, 0.3) is 0 Å². The summed E-state index contributed by atoms with van der Waals surface area (Å²) in [6, 6.07) is 4.87. The Morgan fingerprint density at radius 3 is 2.03 bits per heavy atom. The number of benzene rings is 1. The molecule has 0 fully saturated rings. The first-order valence-electron chi connectivity index (χ1n) is 10.3. The summed E-state index contributed by atoms with van der Waals surface area (Å²) in [5.41, 5.74) is 0.388. The fourth-order valence-electron chi connectivity index (χ4n) is 2.76. The molecule has 0 aliphatic heterocycles. The number of unbranched alkanes of at least 4 members (excludes halogenated alkanes) is 2. The third-order valence-corrected chi connectivity index (χ3v) is 4.21. The second-order valence-corrected chi connectivity index (χ2v) is 6.34. The second-order valence-electron chi connectivity index (χ2n) is 6.34. The van der Waals surface area contributed by atoms with Crippen LogP contribution in [0.4, 0.5) is 0 Å². The number of carbonyl (C=O) groups is 3. The van der Waals surface area contributed by atoms with E-state index in [1.807, 2.05) is 0 Å². The van der Waals surface area contributed by atoms with Crippen LogP contribution >= 0.6 is 0 Å². The number of hydrogen-bond donors (Lipinski definition) is 0. The average Bonchev–Trinajstić information content (AvgIpc) is 2.73. The van der Waals surface area contributed by atoms with Crippen molar-refractivity contribution in [2.45, 2.75) is 46.5 Å². The first kappa shape index (κ1) is 25.3. The minimum atomic E-state index is -0.896. The van der Waals surface area contributed by atoms with Crippen molar-refractivity contribution in [2.75, 3.05) is 33.5 Å². The summed E-state index contributed by atoms with van der Waals surface area (Å²) in [5, 5.41) is 0. The van der Waals surface area contributed by atoms with Crippen LogP contribution in [-0.4, -0.2) is 51.4 Å². The van der Waals surface area contributed by atoms with Crippen LogP contribution in [0.1, 0.15) is 56.8 Å². The van der Waals surface area contributed by atoms with Crippen LogP contribution in [0.5, 0.6) is 11.5 Å². The van der Waals surface area contributed by atoms with E-state index in [0.29, 0.717) is 49.5 Å². The van der Waals surface area contributed by atoms with Gasteiger partial charge in [-0.2, -0.15) is 0 Å². The number of carbonyl (C=O) groups excluding carboxylic acids is 3. The van der Waals surface area contributed by atoms with Crippen LogP contribution in [0.2, 0.25) is 0 Å². The number of rotatable bonds is 14. The molecule has 0 heterocycles. The molecule has 1 rings (SSSR count). The van der Waals surface area contributed by atoms with Crippen molar-refractivity contribution in [3.63, 3.8) is 0 Å². The van der Waals surface area contributed by atoms with Gasteiger partial charge < -0.3 is 23.7 Å². The van der Waals surface area contributed by atoms with Gasteiger partial charge in [0, 0.05) is 0 Å². The Balaban J connectivity index is 2.52. The molecule has 0 bridgehead atoms. The molecule has 0 amide bonds. The van der Waals surface area contributed by atoms with Crippen molar-refractivity contribution in [1.29, 1.82) is 0 Å². The molecule has 0 radical (unpaired) electrons. The van der Waals surface area contributed by atoms with Crippen LogP contribution < -0.4 is 9.47 Å². The maximum absolute atomic E-state index is 12.0. The van der Waals surface area contributed by atoms with Gasteiger partial charge in [-0.1, -0.05) is 12.8 Å². The van der Waals surface area contributed by atoms with Gasteiger partial charge in [0.1, 0.15) is 0 Å². The summed E-state index contributed by atoms with van der Waals surface area (Å²) in [5.74, 6) is -1.44. The number of hydrogen-bond acceptors (Lipinski definition) is 8. The van der Waals surface area contributed by atoms with Crippen LogP contribution in [0.3, 0.4) is 0 Å². The van der Waals surface area contributed by atoms with E-state index in [-0.39, 0.29) is 13.2 Å². The molecule has 1 aromatic rings. The zero-order valence-electron chi connectivity index (χ0n) is 18.2. The molecule has 0 aromatic heterocycles. The highest BCUT2D eigenvalue weighted by Crippen LogP contribution is 2.28. The fraction of sp³-hybridized carbons (Fsp3) is 0.591. The van der Waals surface area contributed by atoms with Crippen molar-refractivity contribution in [1.82, 2.24) is 0 Å². The van der Waals surface area contributed by atoms with Gasteiger partial charge in [-0.05, 0) is 51.8 Å². The number of ether oxygens (including phenoxy) is 5. The number of methoxy groups -OCH3 is 1. The van der Waals surface area contributed by atoms with Gasteiger partial charge in [0.15, 0.2) is 17.4 Å². The van der Waals surface area contributed by atoms with Crippen LogP contribution in [0.15, 0.2) is 18.2 Å². The zero-order chi connectivity index (χ0) is 22.4. The van der Waals surface area contributed by atoms with Gasteiger partial charge in [0.05, 0.1) is 39.1 Å². The fourth-order valence-corrected chi connectivity index (χ4v) is 2.76. The topological polar surface area (TPSA) is 97.4 Å². The van der Waals surface area contributed by atoms with E-state index in [1.165, 1.54) is 7.11 Å². The van der Waals surface area contributed by atoms with Gasteiger partial charge in [-0.15, -0.1) is 0 Å². The Kier molecular flexibility index (Phi) is 12.0. The summed E-state index contributed by atoms with van der Waals surface area (Å²) in [7, 11) is 1.52. The molecule has 0 aliphatic carbocycles. The predicted octanol–water partition coefficient (Wildman–Crippen LogP) is 3.55. The molecule has 30 heavy (non-hydrogen) atoms. The second kappa shape index (κ2) is 14.3. The standard InChI is InChI=1S/C22H32O8/c1-5-27-20(23)16-12-13-18(26-4)19(15-16)30-14-10-8-9-11-17(21(24)28-6-2)22(25)29-7-3/h12-13,15,17H,5-11,14H2,1-4H3. The summed E-state index contributed by atoms with van der Waals surface area (Å²) < 4.78 is 26.0. The Morgan fingerprint density at radius 1 is 0.833 bits per heavy atom. The summed E-state index contributed by atoms with van der Waals surface area (Å²) in [6.45, 7) is 6.26. The van der Waals surface area contributed by atoms with Gasteiger partial charge in [0.2, 0.25) is 0 Å². The molecule has 1 aromatic carbocycles. The monoisotopic (exact) mass is 424 g/mol. The maximum atomic E-state index is 12.0. The first-order valence-corrected chi connectivity index (χ1v) is 10.3. The Hall–Kier alpha value is -2.77. The van der Waals surface area contributed by atoms with Gasteiger partial charge >= 0.3 is 17.9 Å². The molecular formula is C22H32O8. The van der Waals surface area contributed by atoms with Crippen molar-refractivity contribution in [3.8, 4) is 11.5 Å². The van der Waals surface area contributed by atoms with Crippen molar-refractivity contribution in [3.05, 3.63) is 23.8 Å². The molecule has 0 N–H and O–H groups in total. The van der Waals surface area contributed by atoms with Crippen molar-refractivity contribution in [2.24, 2.45) is 5.92 Å². The van der Waals surface area contributed by atoms with E-state index in [0.717, 1.165) is 6.42 Å². The highest BCUT2D eigenvalue weighted by Gasteiger charge is 2.28. The highest BCUT2D eigenvalue weighted by molar-refractivity contribution is 5.94. The normalized spacial score (nSPS) is 10.4. The molecule has 0 atom stereocenters. The molecule has 0 saturated heterocycles. The minimum absolute atomic E-state index is 0.218. The van der Waals surface area contributed by atoms with Crippen molar-refractivity contribution < 1.29 is 38.1 Å². The van der Waals surface area contributed by atoms with E-state index < -0.39 is 23.8 Å². The lowest BCUT2D eigenvalue weighted by molar-refractivity contribution is -0.161. The Labute approximate surface area is 177 Å². The van der Waals surface area contributed by atoms with Crippen LogP contribution in [0.25, 0.3) is 0 Å². The summed E-state index contributed by atoms with van der Waals surface area (Å²) in [4.78, 5) is 35.8. The number of esters is 3. The lowest BCUT2D eigenvalue weighted by Gasteiger charge is -2.14. The molecule has 8 heteroatoms. The third-order valence-electron chi connectivity index (χ3n) is 4.21. The quantitative estimate of drug-likeness (QED) is 0.194. The Bertz CT molecular complexity index is 668. The lowest BCUT2D eigenvalue weighted by Crippen LogP contribution is -2.28. The maximum Gasteiger partial charge on any atom is 0.338 e. The molecule has 0 saturated carbocycles. The Morgan fingerprint density at radius 2 is 1.47 bits per heavy atom. The van der Waals surface area contributed by atoms with Gasteiger partial charge in [-0.25, -0.2) is 4.79 Å². The first-order chi connectivity index (χ1) is 14.5. The average molecular weight is 424 g/mol.